The van der Waals surface area contributed by atoms with E-state index >= 15 is 0 Å². The summed E-state index contributed by atoms with van der Waals surface area (Å²) in [4.78, 5) is 11.3. The highest BCUT2D eigenvalue weighted by molar-refractivity contribution is 6.31. The fraction of sp³-hybridized carbons (Fsp3) is 0.562. The van der Waals surface area contributed by atoms with Crippen molar-refractivity contribution in [2.24, 2.45) is 0 Å². The minimum absolute atomic E-state index is 0.214. The van der Waals surface area contributed by atoms with Crippen molar-refractivity contribution < 1.29 is 9.90 Å². The van der Waals surface area contributed by atoms with Gasteiger partial charge in [-0.2, -0.15) is 0 Å². The maximum atomic E-state index is 8.85. The Morgan fingerprint density at radius 1 is 1.30 bits per heavy atom. The first-order valence-electron chi connectivity index (χ1n) is 7.12. The molecule has 1 fully saturated rings. The second-order valence-electron chi connectivity index (χ2n) is 4.66. The van der Waals surface area contributed by atoms with Crippen molar-refractivity contribution in [3.8, 4) is 5.75 Å². The highest BCUT2D eigenvalue weighted by atomic mass is 35.5. The van der Waals surface area contributed by atoms with Gasteiger partial charge in [-0.1, -0.05) is 31.0 Å². The summed E-state index contributed by atoms with van der Waals surface area (Å²) in [6, 6.07) is 4.91. The summed E-state index contributed by atoms with van der Waals surface area (Å²) in [7, 11) is 0. The van der Waals surface area contributed by atoms with E-state index in [0.29, 0.717) is 5.02 Å². The Morgan fingerprint density at radius 3 is 2.20 bits per heavy atom. The zero-order valence-electron chi connectivity index (χ0n) is 12.7. The number of halogens is 1. The van der Waals surface area contributed by atoms with Crippen LogP contribution in [0.15, 0.2) is 18.2 Å². The number of carbonyl (C=O) groups excluding carboxylic acids is 1. The molecule has 0 aromatic heterocycles. The smallest absolute Gasteiger partial charge is 0.117 e. The Balaban J connectivity index is 0.000000304. The number of nitrogens with zero attached hydrogens (tertiary/aromatic N) is 1. The minimum Gasteiger partial charge on any atom is -0.508 e. The molecule has 0 spiro atoms. The molecule has 1 aromatic rings. The number of aryl methyl sites for hydroxylation is 1. The van der Waals surface area contributed by atoms with Gasteiger partial charge in [-0.25, -0.2) is 0 Å². The van der Waals surface area contributed by atoms with Crippen LogP contribution in [0.3, 0.4) is 0 Å². The van der Waals surface area contributed by atoms with Crippen LogP contribution in [-0.2, 0) is 4.79 Å². The molecule has 1 aliphatic heterocycles. The summed E-state index contributed by atoms with van der Waals surface area (Å²) in [6.07, 6.45) is 5.05. The first-order valence-corrected chi connectivity index (χ1v) is 7.50. The SMILES string of the molecule is CC=O.CCN1CCCCC1.Cc1ccc(O)cc1Cl. The quantitative estimate of drug-likeness (QED) is 0.795. The van der Waals surface area contributed by atoms with Crippen molar-refractivity contribution in [1.29, 1.82) is 0 Å². The third-order valence-electron chi connectivity index (χ3n) is 3.05. The summed E-state index contributed by atoms with van der Waals surface area (Å²) in [5.74, 6) is 0.214. The molecule has 1 heterocycles. The standard InChI is InChI=1S/C7H7ClO.C7H15N.C2H4O/c1-5-2-3-6(9)4-7(5)8;1-2-8-6-4-3-5-7-8;1-2-3/h2-4,9H,1H3;2-7H2,1H3;2H,1H3. The zero-order chi connectivity index (χ0) is 15.4. The van der Waals surface area contributed by atoms with Crippen LogP contribution < -0.4 is 0 Å². The molecule has 1 aliphatic rings. The molecule has 4 heteroatoms. The Bertz CT molecular complexity index is 377. The molecule has 2 rings (SSSR count). The fourth-order valence-electron chi connectivity index (χ4n) is 1.86. The van der Waals surface area contributed by atoms with Crippen LogP contribution >= 0.6 is 11.6 Å². The second-order valence-corrected chi connectivity index (χ2v) is 5.07. The van der Waals surface area contributed by atoms with E-state index in [1.807, 2.05) is 6.92 Å². The van der Waals surface area contributed by atoms with E-state index in [1.165, 1.54) is 51.9 Å². The molecule has 1 aromatic carbocycles. The van der Waals surface area contributed by atoms with Crippen LogP contribution in [0.5, 0.6) is 5.75 Å². The van der Waals surface area contributed by atoms with Gasteiger partial charge < -0.3 is 14.8 Å². The van der Waals surface area contributed by atoms with Crippen molar-refractivity contribution in [2.45, 2.75) is 40.0 Å². The van der Waals surface area contributed by atoms with Crippen molar-refractivity contribution in [3.05, 3.63) is 28.8 Å². The van der Waals surface area contributed by atoms with E-state index in [-0.39, 0.29) is 5.75 Å². The summed E-state index contributed by atoms with van der Waals surface area (Å²) >= 11 is 5.65. The predicted octanol–water partition coefficient (Wildman–Crippen LogP) is 4.05. The largest absolute Gasteiger partial charge is 0.508 e. The molecule has 0 atom stereocenters. The molecular weight excluding hydrogens is 274 g/mol. The molecule has 0 bridgehead atoms. The fourth-order valence-corrected chi connectivity index (χ4v) is 2.03. The van der Waals surface area contributed by atoms with E-state index < -0.39 is 0 Å². The van der Waals surface area contributed by atoms with Crippen LogP contribution in [0.4, 0.5) is 0 Å². The number of likely N-dealkylation sites (tertiary alicyclic amines) is 1. The number of piperidine rings is 1. The number of benzene rings is 1. The molecule has 0 radical (unpaired) electrons. The molecule has 1 saturated heterocycles. The lowest BCUT2D eigenvalue weighted by molar-refractivity contribution is -0.106. The molecule has 0 amide bonds. The zero-order valence-corrected chi connectivity index (χ0v) is 13.5. The summed E-state index contributed by atoms with van der Waals surface area (Å²) in [5, 5.41) is 9.46. The van der Waals surface area contributed by atoms with Gasteiger partial charge in [0, 0.05) is 5.02 Å². The van der Waals surface area contributed by atoms with Crippen molar-refractivity contribution in [3.63, 3.8) is 0 Å². The third kappa shape index (κ3) is 8.94. The lowest BCUT2D eigenvalue weighted by Gasteiger charge is -2.24. The molecular formula is C16H26ClNO2. The monoisotopic (exact) mass is 299 g/mol. The number of hydrogen-bond donors (Lipinski definition) is 1. The highest BCUT2D eigenvalue weighted by Gasteiger charge is 2.05. The minimum atomic E-state index is 0.214. The number of hydrogen-bond acceptors (Lipinski definition) is 3. The Labute approximate surface area is 127 Å². The van der Waals surface area contributed by atoms with Crippen molar-refractivity contribution >= 4 is 17.9 Å². The van der Waals surface area contributed by atoms with Crippen LogP contribution in [0, 0.1) is 6.92 Å². The van der Waals surface area contributed by atoms with E-state index in [1.54, 1.807) is 12.1 Å². The first kappa shape index (κ1) is 18.9. The number of aldehydes is 1. The van der Waals surface area contributed by atoms with E-state index in [9.17, 15) is 0 Å². The summed E-state index contributed by atoms with van der Waals surface area (Å²) in [6.45, 7) is 9.51. The molecule has 1 N–H and O–H groups in total. The van der Waals surface area contributed by atoms with Gasteiger partial charge in [0.1, 0.15) is 12.0 Å². The maximum Gasteiger partial charge on any atom is 0.117 e. The summed E-state index contributed by atoms with van der Waals surface area (Å²) < 4.78 is 0. The molecule has 20 heavy (non-hydrogen) atoms. The van der Waals surface area contributed by atoms with Gasteiger partial charge in [0.2, 0.25) is 0 Å². The van der Waals surface area contributed by atoms with E-state index in [0.717, 1.165) is 11.8 Å². The number of phenols is 1. The van der Waals surface area contributed by atoms with E-state index in [4.69, 9.17) is 21.5 Å². The van der Waals surface area contributed by atoms with Crippen LogP contribution in [-0.4, -0.2) is 35.9 Å². The molecule has 0 aliphatic carbocycles. The second kappa shape index (κ2) is 11.7. The van der Waals surface area contributed by atoms with Crippen molar-refractivity contribution in [1.82, 2.24) is 4.90 Å². The number of rotatable bonds is 1. The molecule has 3 nitrogen and oxygen atoms in total. The van der Waals surface area contributed by atoms with Crippen LogP contribution in [0.1, 0.15) is 38.7 Å². The van der Waals surface area contributed by atoms with Gasteiger partial charge in [0.15, 0.2) is 0 Å². The van der Waals surface area contributed by atoms with Gasteiger partial charge >= 0.3 is 0 Å². The number of aromatic hydroxyl groups is 1. The van der Waals surface area contributed by atoms with Gasteiger partial charge in [-0.3, -0.25) is 0 Å². The first-order chi connectivity index (χ1) is 9.54. The average molecular weight is 300 g/mol. The average Bonchev–Trinajstić information content (AvgIpc) is 2.46. The van der Waals surface area contributed by atoms with Gasteiger partial charge in [-0.15, -0.1) is 0 Å². The lowest BCUT2D eigenvalue weighted by Crippen LogP contribution is -2.29. The van der Waals surface area contributed by atoms with Gasteiger partial charge in [0.25, 0.3) is 0 Å². The van der Waals surface area contributed by atoms with Crippen LogP contribution in [0.25, 0.3) is 0 Å². The van der Waals surface area contributed by atoms with Crippen molar-refractivity contribution in [2.75, 3.05) is 19.6 Å². The maximum absolute atomic E-state index is 8.85. The Morgan fingerprint density at radius 2 is 1.85 bits per heavy atom. The topological polar surface area (TPSA) is 40.5 Å². The number of carbonyl (C=O) groups is 1. The third-order valence-corrected chi connectivity index (χ3v) is 3.46. The predicted molar refractivity (Wildman–Crippen MR) is 85.6 cm³/mol. The van der Waals surface area contributed by atoms with Crippen LogP contribution in [0.2, 0.25) is 5.02 Å². The molecule has 114 valence electrons. The molecule has 0 saturated carbocycles. The summed E-state index contributed by atoms with van der Waals surface area (Å²) in [5.41, 5.74) is 0.981. The Kier molecular flexibility index (Phi) is 11.1. The highest BCUT2D eigenvalue weighted by Crippen LogP contribution is 2.19. The number of phenolic OH excluding ortho intramolecular Hbond substituents is 1. The van der Waals surface area contributed by atoms with Gasteiger partial charge in [0.05, 0.1) is 0 Å². The lowest BCUT2D eigenvalue weighted by atomic mass is 10.1. The van der Waals surface area contributed by atoms with E-state index in [2.05, 4.69) is 11.8 Å². The Hall–Kier alpha value is -1.06. The molecule has 0 unspecified atom stereocenters. The normalized spacial score (nSPS) is 14.4. The van der Waals surface area contributed by atoms with Gasteiger partial charge in [-0.05, 0) is 64.0 Å².